The van der Waals surface area contributed by atoms with Gasteiger partial charge in [0.1, 0.15) is 24.0 Å². The number of nitro benzene ring substituents is 1. The van der Waals surface area contributed by atoms with E-state index in [2.05, 4.69) is 0 Å². The summed E-state index contributed by atoms with van der Waals surface area (Å²) in [6.45, 7) is 9.51. The summed E-state index contributed by atoms with van der Waals surface area (Å²) in [4.78, 5) is 46.1. The Morgan fingerprint density at radius 2 is 1.81 bits per heavy atom. The first-order chi connectivity index (χ1) is 19.6. The molecule has 0 aliphatic carbocycles. The van der Waals surface area contributed by atoms with Gasteiger partial charge in [0.05, 0.1) is 11.5 Å². The number of sulfonamides is 1. The third kappa shape index (κ3) is 7.45. The Balaban J connectivity index is 2.07. The van der Waals surface area contributed by atoms with E-state index in [-0.39, 0.29) is 37.8 Å². The van der Waals surface area contributed by atoms with Crippen molar-refractivity contribution in [2.45, 2.75) is 96.2 Å². The second kappa shape index (κ2) is 13.5. The number of esters is 3. The third-order valence-corrected chi connectivity index (χ3v) is 9.75. The molecule has 2 fully saturated rings. The minimum absolute atomic E-state index is 0.00918. The summed E-state index contributed by atoms with van der Waals surface area (Å²) in [5.74, 6) is -2.30. The van der Waals surface area contributed by atoms with Gasteiger partial charge in [0.2, 0.25) is 0 Å². The van der Waals surface area contributed by atoms with Gasteiger partial charge in [0.25, 0.3) is 15.7 Å². The number of piperidine rings is 1. The maximum atomic E-state index is 14.2. The zero-order valence-electron chi connectivity index (χ0n) is 24.8. The summed E-state index contributed by atoms with van der Waals surface area (Å²) in [7, 11) is -4.49. The van der Waals surface area contributed by atoms with Crippen molar-refractivity contribution in [3.8, 4) is 0 Å². The van der Waals surface area contributed by atoms with E-state index in [9.17, 15) is 32.9 Å². The van der Waals surface area contributed by atoms with E-state index >= 15 is 0 Å². The van der Waals surface area contributed by atoms with Gasteiger partial charge in [-0.05, 0) is 37.2 Å². The van der Waals surface area contributed by atoms with E-state index in [1.54, 1.807) is 0 Å². The van der Waals surface area contributed by atoms with Crippen LogP contribution in [0, 0.1) is 27.9 Å². The van der Waals surface area contributed by atoms with Gasteiger partial charge in [0, 0.05) is 45.7 Å². The van der Waals surface area contributed by atoms with Crippen LogP contribution in [0.15, 0.2) is 29.2 Å². The van der Waals surface area contributed by atoms with Crippen LogP contribution in [0.1, 0.15) is 67.2 Å². The quantitative estimate of drug-likeness (QED) is 0.155. The van der Waals surface area contributed by atoms with Crippen molar-refractivity contribution < 1.29 is 46.7 Å². The van der Waals surface area contributed by atoms with E-state index in [1.807, 2.05) is 20.8 Å². The molecule has 13 nitrogen and oxygen atoms in total. The number of nitro groups is 1. The predicted molar refractivity (Wildman–Crippen MR) is 148 cm³/mol. The number of ether oxygens (including phenoxy) is 4. The number of carbonyl (C=O) groups is 3. The molecule has 1 aromatic rings. The van der Waals surface area contributed by atoms with Crippen molar-refractivity contribution in [2.75, 3.05) is 13.2 Å². The Labute approximate surface area is 246 Å². The SMILES string of the molecule is CC(=O)OCC[C@@H](C)C[C@@H](OC(C)=O)[C@@H]1O[C@]2(C[C@H]1OC(C)=O)[C@@H](C)C[C@@H](C)CN2S(=O)(=O)c1ccccc1[N+](=O)[O-]. The molecular formula is C28H40N2O11S. The van der Waals surface area contributed by atoms with Crippen molar-refractivity contribution in [2.24, 2.45) is 17.8 Å². The normalized spacial score (nSPS) is 27.7. The van der Waals surface area contributed by atoms with Crippen molar-refractivity contribution in [1.29, 1.82) is 0 Å². The molecule has 2 aliphatic rings. The molecule has 2 heterocycles. The minimum atomic E-state index is -4.49. The van der Waals surface area contributed by atoms with Gasteiger partial charge >= 0.3 is 17.9 Å². The molecule has 0 saturated carbocycles. The minimum Gasteiger partial charge on any atom is -0.466 e. The number of carbonyl (C=O) groups excluding carboxylic acids is 3. The monoisotopic (exact) mass is 612 g/mol. The molecule has 0 bridgehead atoms. The third-order valence-electron chi connectivity index (χ3n) is 7.81. The number of hydrogen-bond acceptors (Lipinski definition) is 11. The summed E-state index contributed by atoms with van der Waals surface area (Å²) in [6.07, 6.45) is -1.73. The fourth-order valence-electron chi connectivity index (χ4n) is 6.05. The highest BCUT2D eigenvalue weighted by molar-refractivity contribution is 7.89. The van der Waals surface area contributed by atoms with Crippen LogP contribution < -0.4 is 0 Å². The van der Waals surface area contributed by atoms with E-state index in [0.29, 0.717) is 12.8 Å². The topological polar surface area (TPSA) is 169 Å². The average Bonchev–Trinajstić information content (AvgIpc) is 3.24. The van der Waals surface area contributed by atoms with Crippen LogP contribution in [0.2, 0.25) is 0 Å². The first kappa shape index (κ1) is 33.4. The summed E-state index contributed by atoms with van der Waals surface area (Å²) >= 11 is 0. The lowest BCUT2D eigenvalue weighted by Gasteiger charge is -2.49. The fourth-order valence-corrected chi connectivity index (χ4v) is 8.10. The Morgan fingerprint density at radius 3 is 2.40 bits per heavy atom. The molecule has 0 unspecified atom stereocenters. The van der Waals surface area contributed by atoms with Gasteiger partial charge in [-0.25, -0.2) is 8.42 Å². The van der Waals surface area contributed by atoms with Gasteiger partial charge < -0.3 is 18.9 Å². The van der Waals surface area contributed by atoms with E-state index in [4.69, 9.17) is 18.9 Å². The lowest BCUT2D eigenvalue weighted by Crippen LogP contribution is -2.60. The maximum absolute atomic E-state index is 14.2. The summed E-state index contributed by atoms with van der Waals surface area (Å²) in [6, 6.07) is 5.12. The molecule has 1 spiro atoms. The highest BCUT2D eigenvalue weighted by Gasteiger charge is 2.62. The largest absolute Gasteiger partial charge is 0.466 e. The lowest BCUT2D eigenvalue weighted by molar-refractivity contribution is -0.387. The van der Waals surface area contributed by atoms with Crippen molar-refractivity contribution >= 4 is 33.6 Å². The molecule has 2 aliphatic heterocycles. The van der Waals surface area contributed by atoms with Crippen molar-refractivity contribution in [3.63, 3.8) is 0 Å². The van der Waals surface area contributed by atoms with E-state index in [0.717, 1.165) is 10.4 Å². The number of rotatable bonds is 11. The summed E-state index contributed by atoms with van der Waals surface area (Å²) in [5, 5.41) is 11.8. The standard InChI is InChI=1S/C28H40N2O11S/c1-17(11-12-38-20(4)31)14-24(39-21(5)32)27-25(40-22(6)33)15-28(41-27)19(3)13-18(2)16-29(28)42(36,37)26-10-8-7-9-23(26)30(34)35/h7-10,17-19,24-25,27H,11-16H2,1-6H3/t17-,18-,19+,24-,25-,27+,28-/m1/s1. The summed E-state index contributed by atoms with van der Waals surface area (Å²) in [5.41, 5.74) is -2.11. The first-order valence-corrected chi connectivity index (χ1v) is 15.4. The molecule has 3 rings (SSSR count). The zero-order chi connectivity index (χ0) is 31.4. The van der Waals surface area contributed by atoms with Gasteiger partial charge in [-0.1, -0.05) is 32.9 Å². The van der Waals surface area contributed by atoms with Gasteiger partial charge in [-0.3, -0.25) is 24.5 Å². The fraction of sp³-hybridized carbons (Fsp3) is 0.679. The van der Waals surface area contributed by atoms with Crippen LogP contribution in [-0.2, 0) is 43.4 Å². The Morgan fingerprint density at radius 1 is 1.14 bits per heavy atom. The van der Waals surface area contributed by atoms with Crippen LogP contribution >= 0.6 is 0 Å². The van der Waals surface area contributed by atoms with E-state index < -0.39 is 73.4 Å². The highest BCUT2D eigenvalue weighted by Crippen LogP contribution is 2.50. The van der Waals surface area contributed by atoms with E-state index in [1.165, 1.54) is 39.0 Å². The molecule has 0 radical (unpaired) electrons. The Kier molecular flexibility index (Phi) is 10.7. The zero-order valence-corrected chi connectivity index (χ0v) is 25.6. The summed E-state index contributed by atoms with van der Waals surface area (Å²) < 4.78 is 52.6. The predicted octanol–water partition coefficient (Wildman–Crippen LogP) is 3.59. The molecule has 7 atom stereocenters. The molecule has 0 N–H and O–H groups in total. The molecule has 0 aromatic heterocycles. The molecule has 2 saturated heterocycles. The number of benzene rings is 1. The van der Waals surface area contributed by atoms with Crippen LogP contribution in [0.5, 0.6) is 0 Å². The molecule has 234 valence electrons. The lowest BCUT2D eigenvalue weighted by atomic mass is 9.82. The number of hydrogen-bond donors (Lipinski definition) is 0. The molecule has 42 heavy (non-hydrogen) atoms. The Hall–Kier alpha value is -3.10. The van der Waals surface area contributed by atoms with Gasteiger partial charge in [-0.2, -0.15) is 4.31 Å². The van der Waals surface area contributed by atoms with Gasteiger partial charge in [0.15, 0.2) is 4.90 Å². The average molecular weight is 613 g/mol. The molecular weight excluding hydrogens is 572 g/mol. The van der Waals surface area contributed by atoms with Crippen LogP contribution in [0.4, 0.5) is 5.69 Å². The van der Waals surface area contributed by atoms with Crippen LogP contribution in [-0.4, -0.2) is 72.7 Å². The van der Waals surface area contributed by atoms with Gasteiger partial charge in [-0.15, -0.1) is 0 Å². The van der Waals surface area contributed by atoms with Crippen molar-refractivity contribution in [1.82, 2.24) is 4.31 Å². The van der Waals surface area contributed by atoms with Crippen LogP contribution in [0.3, 0.4) is 0 Å². The van der Waals surface area contributed by atoms with Crippen molar-refractivity contribution in [3.05, 3.63) is 34.4 Å². The molecule has 0 amide bonds. The second-order valence-electron chi connectivity index (χ2n) is 11.4. The number of nitrogens with zero attached hydrogens (tertiary/aromatic N) is 2. The second-order valence-corrected chi connectivity index (χ2v) is 13.2. The number of para-hydroxylation sites is 1. The first-order valence-electron chi connectivity index (χ1n) is 14.0. The molecule has 14 heteroatoms. The maximum Gasteiger partial charge on any atom is 0.303 e. The van der Waals surface area contributed by atoms with Crippen LogP contribution in [0.25, 0.3) is 0 Å². The molecule has 1 aromatic carbocycles. The highest BCUT2D eigenvalue weighted by atomic mass is 32.2. The smallest absolute Gasteiger partial charge is 0.303 e. The Bertz CT molecular complexity index is 1290.